The summed E-state index contributed by atoms with van der Waals surface area (Å²) in [7, 11) is 7.89. The van der Waals surface area contributed by atoms with E-state index in [1.165, 1.54) is 4.90 Å². The molecule has 0 aromatic heterocycles. The lowest BCUT2D eigenvalue weighted by Crippen LogP contribution is -2.31. The molecule has 1 aliphatic rings. The quantitative estimate of drug-likeness (QED) is 0.531. The maximum Gasteiger partial charge on any atom is 0.419 e. The van der Waals surface area contributed by atoms with Crippen LogP contribution in [0.25, 0.3) is 0 Å². The van der Waals surface area contributed by atoms with E-state index in [-0.39, 0.29) is 6.61 Å². The first-order valence-corrected chi connectivity index (χ1v) is 10.4. The molecule has 0 spiro atoms. The van der Waals surface area contributed by atoms with Crippen LogP contribution in [0.1, 0.15) is 0 Å². The number of alkyl halides is 3. The molecule has 3 rings (SSSR count). The summed E-state index contributed by atoms with van der Waals surface area (Å²) in [6.45, 7) is -0.337. The normalized spacial score (nSPS) is 12.9. The number of ether oxygens (including phenoxy) is 1. The standard InChI is InChI=1S/C19H20Cl3N3O2S/c1-23(2)12-5-7-14-16(9-12)28-17-10-13(24(3)4)6-8-15(17)25(14)18(26)27-11-19(20,21)22/h5-10H,11H2,1-4H3. The zero-order valence-corrected chi connectivity index (χ0v) is 19.0. The summed E-state index contributed by atoms with van der Waals surface area (Å²) >= 11 is 18.9. The lowest BCUT2D eigenvalue weighted by molar-refractivity contribution is 0.158. The summed E-state index contributed by atoms with van der Waals surface area (Å²) < 4.78 is 3.60. The number of benzene rings is 2. The number of fused-ring (bicyclic) bond motifs is 2. The zero-order valence-electron chi connectivity index (χ0n) is 15.9. The van der Waals surface area contributed by atoms with Gasteiger partial charge in [0.25, 0.3) is 0 Å². The molecular weight excluding hydrogens is 441 g/mol. The van der Waals surface area contributed by atoms with Crippen LogP contribution in [0.2, 0.25) is 0 Å². The highest BCUT2D eigenvalue weighted by Gasteiger charge is 2.32. The Balaban J connectivity index is 2.06. The molecule has 28 heavy (non-hydrogen) atoms. The molecule has 1 amide bonds. The van der Waals surface area contributed by atoms with Gasteiger partial charge in [-0.1, -0.05) is 46.6 Å². The highest BCUT2D eigenvalue weighted by molar-refractivity contribution is 7.99. The van der Waals surface area contributed by atoms with Crippen molar-refractivity contribution in [3.63, 3.8) is 0 Å². The Kier molecular flexibility index (Phi) is 6.15. The van der Waals surface area contributed by atoms with Gasteiger partial charge in [-0.3, -0.25) is 0 Å². The van der Waals surface area contributed by atoms with Gasteiger partial charge in [0, 0.05) is 49.4 Å². The number of nitrogens with zero attached hydrogens (tertiary/aromatic N) is 3. The van der Waals surface area contributed by atoms with E-state index in [1.807, 2.05) is 74.4 Å². The first kappa shape index (κ1) is 21.2. The van der Waals surface area contributed by atoms with Crippen molar-refractivity contribution in [3.8, 4) is 0 Å². The van der Waals surface area contributed by atoms with Crippen LogP contribution in [0.15, 0.2) is 46.2 Å². The van der Waals surface area contributed by atoms with E-state index in [0.717, 1.165) is 32.5 Å². The Morgan fingerprint density at radius 1 is 0.964 bits per heavy atom. The molecule has 2 aromatic carbocycles. The predicted molar refractivity (Wildman–Crippen MR) is 119 cm³/mol. The molecule has 0 saturated heterocycles. The molecular formula is C19H20Cl3N3O2S. The summed E-state index contributed by atoms with van der Waals surface area (Å²) in [6, 6.07) is 11.8. The molecule has 0 fully saturated rings. The molecule has 0 N–H and O–H groups in total. The van der Waals surface area contributed by atoms with Gasteiger partial charge >= 0.3 is 6.09 Å². The fourth-order valence-electron chi connectivity index (χ4n) is 2.75. The Morgan fingerprint density at radius 3 is 1.82 bits per heavy atom. The third-order valence-corrected chi connectivity index (χ3v) is 5.58. The van der Waals surface area contributed by atoms with Crippen molar-refractivity contribution in [1.29, 1.82) is 0 Å². The van der Waals surface area contributed by atoms with Crippen LogP contribution < -0.4 is 14.7 Å². The highest BCUT2D eigenvalue weighted by Crippen LogP contribution is 2.50. The van der Waals surface area contributed by atoms with Crippen LogP contribution in [0.5, 0.6) is 0 Å². The number of halogens is 3. The van der Waals surface area contributed by atoms with E-state index in [4.69, 9.17) is 39.5 Å². The Morgan fingerprint density at radius 2 is 1.43 bits per heavy atom. The van der Waals surface area contributed by atoms with Crippen LogP contribution >= 0.6 is 46.6 Å². The summed E-state index contributed by atoms with van der Waals surface area (Å²) in [4.78, 5) is 20.3. The number of carbonyl (C=O) groups excluding carboxylic acids is 1. The molecule has 1 heterocycles. The molecule has 150 valence electrons. The zero-order chi connectivity index (χ0) is 20.6. The lowest BCUT2D eigenvalue weighted by atomic mass is 10.2. The van der Waals surface area contributed by atoms with Crippen molar-refractivity contribution in [1.82, 2.24) is 0 Å². The van der Waals surface area contributed by atoms with Crippen LogP contribution in [-0.2, 0) is 4.74 Å². The van der Waals surface area contributed by atoms with Gasteiger partial charge in [0.1, 0.15) is 6.61 Å². The number of anilines is 4. The Hall–Kier alpha value is -1.47. The van der Waals surface area contributed by atoms with E-state index in [2.05, 4.69) is 0 Å². The highest BCUT2D eigenvalue weighted by atomic mass is 35.6. The number of rotatable bonds is 3. The summed E-state index contributed by atoms with van der Waals surface area (Å²) in [5, 5.41) is 0. The fourth-order valence-corrected chi connectivity index (χ4v) is 4.04. The third kappa shape index (κ3) is 4.57. The molecule has 0 radical (unpaired) electrons. The van der Waals surface area contributed by atoms with Gasteiger partial charge in [-0.15, -0.1) is 0 Å². The summed E-state index contributed by atoms with van der Waals surface area (Å²) in [5.41, 5.74) is 3.53. The maximum absolute atomic E-state index is 12.9. The van der Waals surface area contributed by atoms with Crippen molar-refractivity contribution in [3.05, 3.63) is 36.4 Å². The second kappa shape index (κ2) is 8.11. The minimum Gasteiger partial charge on any atom is -0.444 e. The molecule has 0 atom stereocenters. The predicted octanol–water partition coefficient (Wildman–Crippen LogP) is 5.93. The van der Waals surface area contributed by atoms with E-state index < -0.39 is 9.89 Å². The largest absolute Gasteiger partial charge is 0.444 e. The monoisotopic (exact) mass is 459 g/mol. The van der Waals surface area contributed by atoms with Crippen molar-refractivity contribution >= 4 is 75.4 Å². The Bertz CT molecular complexity index is 843. The number of hydrogen-bond donors (Lipinski definition) is 0. The molecule has 0 saturated carbocycles. The molecule has 0 aliphatic carbocycles. The molecule has 9 heteroatoms. The second-order valence-corrected chi connectivity index (χ2v) is 10.3. The average Bonchev–Trinajstić information content (AvgIpc) is 2.62. The smallest absolute Gasteiger partial charge is 0.419 e. The second-order valence-electron chi connectivity index (χ2n) is 6.70. The van der Waals surface area contributed by atoms with Crippen LogP contribution in [0.4, 0.5) is 27.5 Å². The SMILES string of the molecule is CN(C)c1ccc2c(c1)Sc1cc(N(C)C)ccc1N2C(=O)OCC(Cl)(Cl)Cl. The van der Waals surface area contributed by atoms with E-state index in [0.29, 0.717) is 0 Å². The molecule has 0 unspecified atom stereocenters. The summed E-state index contributed by atoms with van der Waals surface area (Å²) in [6.07, 6.45) is -0.593. The van der Waals surface area contributed by atoms with Crippen molar-refractivity contribution in [2.75, 3.05) is 49.5 Å². The number of amides is 1. The molecule has 1 aliphatic heterocycles. The first-order valence-electron chi connectivity index (χ1n) is 8.41. The minimum atomic E-state index is -1.67. The van der Waals surface area contributed by atoms with E-state index in [9.17, 15) is 4.79 Å². The van der Waals surface area contributed by atoms with Gasteiger partial charge in [-0.2, -0.15) is 0 Å². The van der Waals surface area contributed by atoms with Crippen LogP contribution in [-0.4, -0.2) is 44.7 Å². The van der Waals surface area contributed by atoms with Crippen molar-refractivity contribution < 1.29 is 9.53 Å². The van der Waals surface area contributed by atoms with Gasteiger partial charge in [-0.05, 0) is 36.4 Å². The minimum absolute atomic E-state index is 0.337. The van der Waals surface area contributed by atoms with E-state index in [1.54, 1.807) is 11.8 Å². The number of carbonyl (C=O) groups is 1. The van der Waals surface area contributed by atoms with Crippen molar-refractivity contribution in [2.24, 2.45) is 0 Å². The summed E-state index contributed by atoms with van der Waals surface area (Å²) in [5.74, 6) is 0. The lowest BCUT2D eigenvalue weighted by Gasteiger charge is -2.32. The third-order valence-electron chi connectivity index (χ3n) is 4.16. The maximum atomic E-state index is 12.9. The average molecular weight is 461 g/mol. The van der Waals surface area contributed by atoms with Gasteiger partial charge in [0.15, 0.2) is 0 Å². The van der Waals surface area contributed by atoms with E-state index >= 15 is 0 Å². The van der Waals surface area contributed by atoms with Gasteiger partial charge in [0.05, 0.1) is 11.4 Å². The molecule has 2 aromatic rings. The van der Waals surface area contributed by atoms with Gasteiger partial charge in [-0.25, -0.2) is 9.69 Å². The van der Waals surface area contributed by atoms with Gasteiger partial charge in [0.2, 0.25) is 3.79 Å². The van der Waals surface area contributed by atoms with Gasteiger partial charge < -0.3 is 14.5 Å². The van der Waals surface area contributed by atoms with Crippen LogP contribution in [0.3, 0.4) is 0 Å². The molecule has 0 bridgehead atoms. The van der Waals surface area contributed by atoms with Crippen molar-refractivity contribution in [2.45, 2.75) is 13.6 Å². The Labute approximate surface area is 184 Å². The molecule has 5 nitrogen and oxygen atoms in total. The van der Waals surface area contributed by atoms with Crippen LogP contribution in [0, 0.1) is 0 Å². The topological polar surface area (TPSA) is 36.0 Å². The number of hydrogen-bond acceptors (Lipinski definition) is 5. The first-order chi connectivity index (χ1) is 13.1. The fraction of sp³-hybridized carbons (Fsp3) is 0.316.